The quantitative estimate of drug-likeness (QED) is 0.889. The van der Waals surface area contributed by atoms with E-state index in [2.05, 4.69) is 10.6 Å². The fourth-order valence-corrected chi connectivity index (χ4v) is 3.83. The summed E-state index contributed by atoms with van der Waals surface area (Å²) in [5.41, 5.74) is 0.731. The van der Waals surface area contributed by atoms with Gasteiger partial charge in [-0.25, -0.2) is 0 Å². The first kappa shape index (κ1) is 15.5. The highest BCUT2D eigenvalue weighted by Gasteiger charge is 2.29. The second kappa shape index (κ2) is 7.24. The van der Waals surface area contributed by atoms with Crippen molar-refractivity contribution >= 4 is 23.2 Å². The molecule has 3 rings (SSSR count). The van der Waals surface area contributed by atoms with Gasteiger partial charge >= 0.3 is 0 Å². The van der Waals surface area contributed by atoms with Gasteiger partial charge in [0.1, 0.15) is 0 Å². The minimum Gasteiger partial charge on any atom is -0.349 e. The third-order valence-electron chi connectivity index (χ3n) is 4.53. The number of piperidine rings is 2. The molecule has 0 aliphatic carbocycles. The van der Waals surface area contributed by atoms with Gasteiger partial charge in [-0.15, -0.1) is 0 Å². The van der Waals surface area contributed by atoms with Crippen LogP contribution in [0.3, 0.4) is 0 Å². The summed E-state index contributed by atoms with van der Waals surface area (Å²) in [5, 5.41) is 10.2. The summed E-state index contributed by atoms with van der Waals surface area (Å²) in [7, 11) is 0. The first-order valence-electron chi connectivity index (χ1n) is 8.09. The molecule has 0 bridgehead atoms. The van der Waals surface area contributed by atoms with E-state index in [0.29, 0.717) is 0 Å². The van der Waals surface area contributed by atoms with Crippen molar-refractivity contribution in [1.82, 2.24) is 15.5 Å². The van der Waals surface area contributed by atoms with Crippen LogP contribution in [0.15, 0.2) is 16.8 Å². The Labute approximate surface area is 135 Å². The minimum absolute atomic E-state index is 0.0000243. The predicted molar refractivity (Wildman–Crippen MR) is 87.0 cm³/mol. The average molecular weight is 321 g/mol. The van der Waals surface area contributed by atoms with Crippen molar-refractivity contribution in [2.45, 2.75) is 44.2 Å². The number of hydrogen-bond acceptors (Lipinski definition) is 4. The number of amides is 2. The molecule has 2 amide bonds. The summed E-state index contributed by atoms with van der Waals surface area (Å²) in [6.45, 7) is 2.43. The highest BCUT2D eigenvalue weighted by Crippen LogP contribution is 2.16. The maximum absolute atomic E-state index is 12.4. The Balaban J connectivity index is 1.46. The molecule has 1 aromatic rings. The van der Waals surface area contributed by atoms with Crippen LogP contribution in [0.1, 0.15) is 42.5 Å². The SMILES string of the molecule is O=C(NC1CCN(C(=O)C2CCCCN2)CC1)c1ccsc1. The molecule has 1 aromatic heterocycles. The van der Waals surface area contributed by atoms with E-state index in [-0.39, 0.29) is 23.9 Å². The highest BCUT2D eigenvalue weighted by molar-refractivity contribution is 7.08. The zero-order chi connectivity index (χ0) is 15.4. The molecule has 0 spiro atoms. The van der Waals surface area contributed by atoms with E-state index in [1.54, 1.807) is 0 Å². The summed E-state index contributed by atoms with van der Waals surface area (Å²) in [5.74, 6) is 0.238. The number of carbonyl (C=O) groups excluding carboxylic acids is 2. The monoisotopic (exact) mass is 321 g/mol. The standard InChI is InChI=1S/C16H23N3O2S/c20-15(12-6-10-22-11-12)18-13-4-8-19(9-5-13)16(21)14-3-1-2-7-17-14/h6,10-11,13-14,17H,1-5,7-9H2,(H,18,20). The first-order valence-corrected chi connectivity index (χ1v) is 9.03. The van der Waals surface area contributed by atoms with E-state index in [0.717, 1.165) is 50.9 Å². The lowest BCUT2D eigenvalue weighted by atomic mass is 10.0. The number of nitrogens with zero attached hydrogens (tertiary/aromatic N) is 1. The molecule has 120 valence electrons. The van der Waals surface area contributed by atoms with Crippen LogP contribution in [-0.2, 0) is 4.79 Å². The van der Waals surface area contributed by atoms with E-state index >= 15 is 0 Å². The molecule has 2 aliphatic rings. The van der Waals surface area contributed by atoms with Gasteiger partial charge in [0.15, 0.2) is 0 Å². The van der Waals surface area contributed by atoms with Crippen LogP contribution in [0.2, 0.25) is 0 Å². The van der Waals surface area contributed by atoms with Crippen LogP contribution in [0, 0.1) is 0 Å². The lowest BCUT2D eigenvalue weighted by molar-refractivity contribution is -0.135. The molecule has 0 saturated carbocycles. The molecule has 2 saturated heterocycles. The first-order chi connectivity index (χ1) is 10.7. The summed E-state index contributed by atoms with van der Waals surface area (Å²) in [6.07, 6.45) is 4.94. The third-order valence-corrected chi connectivity index (χ3v) is 5.22. The smallest absolute Gasteiger partial charge is 0.252 e. The molecule has 22 heavy (non-hydrogen) atoms. The van der Waals surface area contributed by atoms with Crippen molar-refractivity contribution in [2.75, 3.05) is 19.6 Å². The number of rotatable bonds is 3. The van der Waals surface area contributed by atoms with E-state index in [1.165, 1.54) is 17.8 Å². The Bertz CT molecular complexity index is 503. The number of nitrogens with one attached hydrogen (secondary N) is 2. The minimum atomic E-state index is -0.0000243. The zero-order valence-corrected chi connectivity index (χ0v) is 13.5. The van der Waals surface area contributed by atoms with Gasteiger partial charge < -0.3 is 15.5 Å². The Hall–Kier alpha value is -1.40. The van der Waals surface area contributed by atoms with Crippen LogP contribution in [-0.4, -0.2) is 48.4 Å². The van der Waals surface area contributed by atoms with Gasteiger partial charge in [-0.3, -0.25) is 9.59 Å². The van der Waals surface area contributed by atoms with Gasteiger partial charge in [0, 0.05) is 30.1 Å². The fraction of sp³-hybridized carbons (Fsp3) is 0.625. The number of likely N-dealkylation sites (tertiary alicyclic amines) is 1. The molecule has 2 aliphatic heterocycles. The van der Waals surface area contributed by atoms with Crippen molar-refractivity contribution < 1.29 is 9.59 Å². The van der Waals surface area contributed by atoms with E-state index in [4.69, 9.17) is 0 Å². The topological polar surface area (TPSA) is 61.4 Å². The van der Waals surface area contributed by atoms with Crippen molar-refractivity contribution in [2.24, 2.45) is 0 Å². The maximum Gasteiger partial charge on any atom is 0.252 e. The number of carbonyl (C=O) groups is 2. The van der Waals surface area contributed by atoms with Crippen molar-refractivity contribution in [3.63, 3.8) is 0 Å². The maximum atomic E-state index is 12.4. The molecule has 1 atom stereocenters. The molecule has 2 fully saturated rings. The molecule has 0 radical (unpaired) electrons. The van der Waals surface area contributed by atoms with Gasteiger partial charge in [-0.1, -0.05) is 6.42 Å². The van der Waals surface area contributed by atoms with Crippen molar-refractivity contribution in [3.05, 3.63) is 22.4 Å². The highest BCUT2D eigenvalue weighted by atomic mass is 32.1. The Morgan fingerprint density at radius 2 is 2.05 bits per heavy atom. The molecular formula is C16H23N3O2S. The van der Waals surface area contributed by atoms with Crippen LogP contribution in [0.5, 0.6) is 0 Å². The van der Waals surface area contributed by atoms with Crippen LogP contribution in [0.25, 0.3) is 0 Å². The summed E-state index contributed by atoms with van der Waals surface area (Å²) in [4.78, 5) is 26.4. The van der Waals surface area contributed by atoms with E-state index in [1.807, 2.05) is 21.7 Å². The van der Waals surface area contributed by atoms with Gasteiger partial charge in [-0.2, -0.15) is 11.3 Å². The average Bonchev–Trinajstić information content (AvgIpc) is 3.10. The second-order valence-electron chi connectivity index (χ2n) is 6.09. The lowest BCUT2D eigenvalue weighted by Gasteiger charge is -2.35. The molecule has 2 N–H and O–H groups in total. The van der Waals surface area contributed by atoms with E-state index in [9.17, 15) is 9.59 Å². The van der Waals surface area contributed by atoms with Crippen LogP contribution in [0.4, 0.5) is 0 Å². The van der Waals surface area contributed by atoms with Gasteiger partial charge in [0.25, 0.3) is 5.91 Å². The van der Waals surface area contributed by atoms with Crippen molar-refractivity contribution in [3.8, 4) is 0 Å². The molecule has 1 unspecified atom stereocenters. The summed E-state index contributed by atoms with van der Waals surface area (Å²) in [6, 6.07) is 2.02. The Morgan fingerprint density at radius 1 is 1.23 bits per heavy atom. The molecule has 0 aromatic carbocycles. The van der Waals surface area contributed by atoms with Gasteiger partial charge in [0.05, 0.1) is 6.04 Å². The van der Waals surface area contributed by atoms with Crippen molar-refractivity contribution in [1.29, 1.82) is 0 Å². The zero-order valence-electron chi connectivity index (χ0n) is 12.7. The summed E-state index contributed by atoms with van der Waals surface area (Å²) >= 11 is 1.53. The Kier molecular flexibility index (Phi) is 5.10. The molecular weight excluding hydrogens is 298 g/mol. The van der Waals surface area contributed by atoms with Gasteiger partial charge in [0.2, 0.25) is 5.91 Å². The Morgan fingerprint density at radius 3 is 2.68 bits per heavy atom. The normalized spacial score (nSPS) is 23.3. The lowest BCUT2D eigenvalue weighted by Crippen LogP contribution is -2.53. The summed E-state index contributed by atoms with van der Waals surface area (Å²) < 4.78 is 0. The largest absolute Gasteiger partial charge is 0.349 e. The third kappa shape index (κ3) is 3.67. The fourth-order valence-electron chi connectivity index (χ4n) is 3.19. The van der Waals surface area contributed by atoms with Crippen LogP contribution < -0.4 is 10.6 Å². The molecule has 5 nitrogen and oxygen atoms in total. The van der Waals surface area contributed by atoms with E-state index < -0.39 is 0 Å². The van der Waals surface area contributed by atoms with Gasteiger partial charge in [-0.05, 0) is 43.7 Å². The molecule has 6 heteroatoms. The predicted octanol–water partition coefficient (Wildman–Crippen LogP) is 1.61. The number of thiophene rings is 1. The second-order valence-corrected chi connectivity index (χ2v) is 6.87. The van der Waals surface area contributed by atoms with Crippen LogP contribution >= 0.6 is 11.3 Å². The number of hydrogen-bond donors (Lipinski definition) is 2. The molecule has 3 heterocycles.